The van der Waals surface area contributed by atoms with Crippen LogP contribution in [-0.2, 0) is 9.59 Å². The van der Waals surface area contributed by atoms with E-state index in [0.717, 1.165) is 12.8 Å². The lowest BCUT2D eigenvalue weighted by atomic mass is 10.0. The summed E-state index contributed by atoms with van der Waals surface area (Å²) in [6, 6.07) is -0.212. The number of carbonyl (C=O) groups excluding carboxylic acids is 1. The van der Waals surface area contributed by atoms with Gasteiger partial charge in [-0.2, -0.15) is 0 Å². The Balaban J connectivity index is 2.32. The molecule has 0 aliphatic heterocycles. The van der Waals surface area contributed by atoms with Gasteiger partial charge in [0.25, 0.3) is 0 Å². The second kappa shape index (κ2) is 6.27. The number of carboxylic acids is 1. The molecule has 0 radical (unpaired) electrons. The molecule has 1 fully saturated rings. The van der Waals surface area contributed by atoms with Gasteiger partial charge in [-0.3, -0.25) is 9.59 Å². The minimum atomic E-state index is -0.818. The van der Waals surface area contributed by atoms with Crippen molar-refractivity contribution in [2.24, 2.45) is 5.92 Å². The Labute approximate surface area is 94.9 Å². The summed E-state index contributed by atoms with van der Waals surface area (Å²) in [5, 5.41) is 14.6. The maximum Gasteiger partial charge on any atom is 0.308 e. The molecule has 90 valence electrons. The first-order valence-corrected chi connectivity index (χ1v) is 5.49. The van der Waals surface area contributed by atoms with E-state index in [1.165, 1.54) is 0 Å². The van der Waals surface area contributed by atoms with Crippen LogP contribution >= 0.6 is 0 Å². The second-order valence-electron chi connectivity index (χ2n) is 3.97. The van der Waals surface area contributed by atoms with Crippen LogP contribution in [0.25, 0.3) is 0 Å². The van der Waals surface area contributed by atoms with Gasteiger partial charge in [0, 0.05) is 12.6 Å². The molecule has 0 aromatic heterocycles. The van der Waals surface area contributed by atoms with E-state index in [1.54, 1.807) is 6.08 Å². The topological polar surface area (TPSA) is 78.4 Å². The minimum absolute atomic E-state index is 0.153. The lowest BCUT2D eigenvalue weighted by molar-refractivity contribution is -0.142. The maximum absolute atomic E-state index is 11.4. The molecule has 1 rings (SSSR count). The van der Waals surface area contributed by atoms with Crippen molar-refractivity contribution in [3.63, 3.8) is 0 Å². The molecule has 0 saturated heterocycles. The molecule has 0 aromatic rings. The van der Waals surface area contributed by atoms with E-state index in [2.05, 4.69) is 17.2 Å². The number of nitrogens with one attached hydrogen (secondary N) is 2. The number of rotatable bonds is 6. The monoisotopic (exact) mass is 226 g/mol. The number of hydrogen-bond acceptors (Lipinski definition) is 3. The summed E-state index contributed by atoms with van der Waals surface area (Å²) in [6.07, 6.45) is 3.94. The molecule has 1 aliphatic carbocycles. The Morgan fingerprint density at radius 1 is 1.44 bits per heavy atom. The van der Waals surface area contributed by atoms with E-state index in [1.807, 2.05) is 0 Å². The highest BCUT2D eigenvalue weighted by Crippen LogP contribution is 2.25. The van der Waals surface area contributed by atoms with Crippen LogP contribution in [0.1, 0.15) is 19.3 Å². The highest BCUT2D eigenvalue weighted by Gasteiger charge is 2.33. The molecular formula is C11H18N2O3. The van der Waals surface area contributed by atoms with Crippen LogP contribution in [0.2, 0.25) is 0 Å². The molecule has 1 saturated carbocycles. The van der Waals surface area contributed by atoms with Crippen molar-refractivity contribution in [2.45, 2.75) is 25.3 Å². The zero-order chi connectivity index (χ0) is 12.0. The second-order valence-corrected chi connectivity index (χ2v) is 3.97. The van der Waals surface area contributed by atoms with E-state index in [0.29, 0.717) is 13.0 Å². The van der Waals surface area contributed by atoms with Crippen LogP contribution in [0.5, 0.6) is 0 Å². The predicted octanol–water partition coefficient (Wildman–Crippen LogP) is 0.131. The van der Waals surface area contributed by atoms with Gasteiger partial charge in [-0.1, -0.05) is 12.5 Å². The van der Waals surface area contributed by atoms with Gasteiger partial charge in [-0.05, 0) is 12.8 Å². The average Bonchev–Trinajstić information content (AvgIpc) is 2.66. The van der Waals surface area contributed by atoms with Gasteiger partial charge in [-0.25, -0.2) is 0 Å². The van der Waals surface area contributed by atoms with E-state index in [9.17, 15) is 9.59 Å². The molecule has 2 atom stereocenters. The molecule has 1 aliphatic rings. The zero-order valence-corrected chi connectivity index (χ0v) is 9.24. The molecule has 2 unspecified atom stereocenters. The fraction of sp³-hybridized carbons (Fsp3) is 0.636. The summed E-state index contributed by atoms with van der Waals surface area (Å²) in [6.45, 7) is 4.30. The van der Waals surface area contributed by atoms with Gasteiger partial charge >= 0.3 is 5.97 Å². The zero-order valence-electron chi connectivity index (χ0n) is 9.24. The number of aliphatic carboxylic acids is 1. The summed E-state index contributed by atoms with van der Waals surface area (Å²) < 4.78 is 0. The van der Waals surface area contributed by atoms with Crippen molar-refractivity contribution < 1.29 is 14.7 Å². The number of carbonyl (C=O) groups is 2. The van der Waals surface area contributed by atoms with E-state index < -0.39 is 11.9 Å². The lowest BCUT2D eigenvalue weighted by Gasteiger charge is -2.17. The van der Waals surface area contributed by atoms with Crippen LogP contribution in [0.3, 0.4) is 0 Å². The Kier molecular flexibility index (Phi) is 4.98. The maximum atomic E-state index is 11.4. The Morgan fingerprint density at radius 2 is 2.19 bits per heavy atom. The minimum Gasteiger partial charge on any atom is -0.481 e. The SMILES string of the molecule is C=CCNCC(=O)NC1CCCC1C(=O)O. The van der Waals surface area contributed by atoms with Crippen molar-refractivity contribution in [1.82, 2.24) is 10.6 Å². The molecule has 0 heterocycles. The molecular weight excluding hydrogens is 208 g/mol. The first-order valence-electron chi connectivity index (χ1n) is 5.49. The molecule has 3 N–H and O–H groups in total. The number of hydrogen-bond donors (Lipinski definition) is 3. The summed E-state index contributed by atoms with van der Waals surface area (Å²) in [5.74, 6) is -1.40. The van der Waals surface area contributed by atoms with Crippen LogP contribution in [0.15, 0.2) is 12.7 Å². The third kappa shape index (κ3) is 3.66. The first-order chi connectivity index (χ1) is 7.65. The van der Waals surface area contributed by atoms with Gasteiger partial charge in [0.1, 0.15) is 0 Å². The van der Waals surface area contributed by atoms with Crippen molar-refractivity contribution in [1.29, 1.82) is 0 Å². The van der Waals surface area contributed by atoms with Gasteiger partial charge in [0.15, 0.2) is 0 Å². The summed E-state index contributed by atoms with van der Waals surface area (Å²) in [7, 11) is 0. The third-order valence-corrected chi connectivity index (χ3v) is 2.75. The van der Waals surface area contributed by atoms with Crippen molar-refractivity contribution in [3.8, 4) is 0 Å². The Morgan fingerprint density at radius 3 is 2.81 bits per heavy atom. The summed E-state index contributed by atoms with van der Waals surface area (Å²) >= 11 is 0. The standard InChI is InChI=1S/C11H18N2O3/c1-2-6-12-7-10(14)13-9-5-3-4-8(9)11(15)16/h2,8-9,12H,1,3-7H2,(H,13,14)(H,15,16). The molecule has 0 spiro atoms. The molecule has 5 heteroatoms. The smallest absolute Gasteiger partial charge is 0.308 e. The quantitative estimate of drug-likeness (QED) is 0.444. The highest BCUT2D eigenvalue weighted by molar-refractivity contribution is 5.80. The first kappa shape index (κ1) is 12.7. The van der Waals surface area contributed by atoms with E-state index >= 15 is 0 Å². The van der Waals surface area contributed by atoms with Crippen molar-refractivity contribution in [3.05, 3.63) is 12.7 Å². The number of carboxylic acid groups (broad SMARTS) is 1. The summed E-state index contributed by atoms with van der Waals surface area (Å²) in [4.78, 5) is 22.3. The molecule has 0 aromatic carbocycles. The van der Waals surface area contributed by atoms with Gasteiger partial charge < -0.3 is 15.7 Å². The molecule has 16 heavy (non-hydrogen) atoms. The fourth-order valence-corrected chi connectivity index (χ4v) is 1.97. The molecule has 5 nitrogen and oxygen atoms in total. The van der Waals surface area contributed by atoms with Crippen LogP contribution in [0, 0.1) is 5.92 Å². The third-order valence-electron chi connectivity index (χ3n) is 2.75. The average molecular weight is 226 g/mol. The molecule has 1 amide bonds. The van der Waals surface area contributed by atoms with Crippen molar-refractivity contribution >= 4 is 11.9 Å². The van der Waals surface area contributed by atoms with E-state index in [4.69, 9.17) is 5.11 Å². The Bertz CT molecular complexity index is 278. The predicted molar refractivity (Wildman–Crippen MR) is 60.0 cm³/mol. The summed E-state index contributed by atoms with van der Waals surface area (Å²) in [5.41, 5.74) is 0. The van der Waals surface area contributed by atoms with Crippen LogP contribution < -0.4 is 10.6 Å². The van der Waals surface area contributed by atoms with E-state index in [-0.39, 0.29) is 18.5 Å². The Hall–Kier alpha value is -1.36. The van der Waals surface area contributed by atoms with Crippen LogP contribution in [-0.4, -0.2) is 36.1 Å². The molecule has 0 bridgehead atoms. The van der Waals surface area contributed by atoms with Crippen LogP contribution in [0.4, 0.5) is 0 Å². The number of amides is 1. The van der Waals surface area contributed by atoms with Gasteiger partial charge in [0.05, 0.1) is 12.5 Å². The highest BCUT2D eigenvalue weighted by atomic mass is 16.4. The van der Waals surface area contributed by atoms with Crippen molar-refractivity contribution in [2.75, 3.05) is 13.1 Å². The van der Waals surface area contributed by atoms with Gasteiger partial charge in [-0.15, -0.1) is 6.58 Å². The normalized spacial score (nSPS) is 24.0. The fourth-order valence-electron chi connectivity index (χ4n) is 1.97. The lowest BCUT2D eigenvalue weighted by Crippen LogP contribution is -2.43. The largest absolute Gasteiger partial charge is 0.481 e. The van der Waals surface area contributed by atoms with Gasteiger partial charge in [0.2, 0.25) is 5.91 Å².